The second-order valence-corrected chi connectivity index (χ2v) is 6.30. The van der Waals surface area contributed by atoms with Gasteiger partial charge in [-0.2, -0.15) is 0 Å². The third-order valence-corrected chi connectivity index (χ3v) is 4.78. The van der Waals surface area contributed by atoms with Crippen molar-refractivity contribution in [1.29, 1.82) is 0 Å². The quantitative estimate of drug-likeness (QED) is 0.795. The van der Waals surface area contributed by atoms with E-state index in [-0.39, 0.29) is 5.97 Å². The molecule has 1 aromatic heterocycles. The van der Waals surface area contributed by atoms with Crippen LogP contribution in [0, 0.1) is 0 Å². The van der Waals surface area contributed by atoms with E-state index in [0.29, 0.717) is 17.2 Å². The lowest BCUT2D eigenvalue weighted by molar-refractivity contribution is -0.130. The maximum Gasteiger partial charge on any atom is 0.342 e. The summed E-state index contributed by atoms with van der Waals surface area (Å²) in [6.07, 6.45) is 4.94. The van der Waals surface area contributed by atoms with E-state index in [4.69, 9.17) is 4.74 Å². The van der Waals surface area contributed by atoms with Crippen LogP contribution in [0.4, 0.5) is 0 Å². The summed E-state index contributed by atoms with van der Waals surface area (Å²) >= 11 is 1.43. The van der Waals surface area contributed by atoms with Crippen LogP contribution in [0.15, 0.2) is 59.5 Å². The van der Waals surface area contributed by atoms with Crippen LogP contribution in [-0.4, -0.2) is 24.0 Å². The van der Waals surface area contributed by atoms with E-state index in [1.807, 2.05) is 29.7 Å². The van der Waals surface area contributed by atoms with Gasteiger partial charge in [-0.3, -0.25) is 0 Å². The van der Waals surface area contributed by atoms with E-state index in [9.17, 15) is 4.79 Å². The van der Waals surface area contributed by atoms with Crippen LogP contribution in [0.5, 0.6) is 5.06 Å². The number of allylic oxidation sites excluding steroid dienone is 2. The van der Waals surface area contributed by atoms with Crippen LogP contribution in [0.2, 0.25) is 0 Å². The van der Waals surface area contributed by atoms with Crippen molar-refractivity contribution < 1.29 is 9.53 Å². The molecule has 22 heavy (non-hydrogen) atoms. The molecule has 4 rings (SSSR count). The van der Waals surface area contributed by atoms with Crippen molar-refractivity contribution in [3.05, 3.63) is 70.6 Å². The van der Waals surface area contributed by atoms with Crippen LogP contribution < -0.4 is 4.74 Å². The Bertz CT molecular complexity index is 774. The predicted molar refractivity (Wildman–Crippen MR) is 87.7 cm³/mol. The fourth-order valence-corrected chi connectivity index (χ4v) is 3.51. The first kappa shape index (κ1) is 13.3. The zero-order valence-electron chi connectivity index (χ0n) is 12.0. The summed E-state index contributed by atoms with van der Waals surface area (Å²) in [6, 6.07) is 12.2. The monoisotopic (exact) mass is 309 g/mol. The van der Waals surface area contributed by atoms with Crippen LogP contribution in [0.25, 0.3) is 5.70 Å². The highest BCUT2D eigenvalue weighted by molar-refractivity contribution is 7.11. The lowest BCUT2D eigenvalue weighted by atomic mass is 9.94. The number of esters is 1. The van der Waals surface area contributed by atoms with Gasteiger partial charge in [0.1, 0.15) is 0 Å². The molecular weight excluding hydrogens is 294 g/mol. The first-order valence-corrected chi connectivity index (χ1v) is 8.19. The largest absolute Gasteiger partial charge is 0.412 e. The molecule has 110 valence electrons. The van der Waals surface area contributed by atoms with E-state index in [0.717, 1.165) is 13.0 Å². The van der Waals surface area contributed by atoms with Crippen LogP contribution in [0.1, 0.15) is 11.1 Å². The molecule has 3 nitrogen and oxygen atoms in total. The van der Waals surface area contributed by atoms with Gasteiger partial charge < -0.3 is 9.64 Å². The Kier molecular flexibility index (Phi) is 3.31. The highest BCUT2D eigenvalue weighted by atomic mass is 32.1. The fourth-order valence-electron chi connectivity index (χ4n) is 2.94. The number of hydrogen-bond acceptors (Lipinski definition) is 4. The number of hydrogen-bond donors (Lipinski definition) is 0. The molecule has 0 fully saturated rings. The van der Waals surface area contributed by atoms with Gasteiger partial charge in [0.25, 0.3) is 0 Å². The molecule has 0 radical (unpaired) electrons. The topological polar surface area (TPSA) is 29.5 Å². The van der Waals surface area contributed by atoms with Crippen molar-refractivity contribution in [2.75, 3.05) is 13.1 Å². The average Bonchev–Trinajstić information content (AvgIpc) is 3.07. The van der Waals surface area contributed by atoms with Crippen LogP contribution in [-0.2, 0) is 11.2 Å². The Labute approximate surface area is 133 Å². The molecule has 1 aromatic carbocycles. The molecule has 0 saturated carbocycles. The Balaban J connectivity index is 1.60. The number of carbonyl (C=O) groups excluding carboxylic acids is 1. The van der Waals surface area contributed by atoms with Crippen molar-refractivity contribution in [3.63, 3.8) is 0 Å². The molecule has 0 bridgehead atoms. The molecule has 0 spiro atoms. The summed E-state index contributed by atoms with van der Waals surface area (Å²) in [5.74, 6) is -0.253. The SMILES string of the molecule is O=C(Oc1cccs1)C1=CC=C2c3ccccc3CCN2C1. The third-order valence-electron chi connectivity index (χ3n) is 4.04. The summed E-state index contributed by atoms with van der Waals surface area (Å²) in [4.78, 5) is 14.5. The van der Waals surface area contributed by atoms with E-state index in [1.165, 1.54) is 28.2 Å². The van der Waals surface area contributed by atoms with Gasteiger partial charge in [-0.15, -0.1) is 11.3 Å². The number of benzene rings is 1. The minimum atomic E-state index is -0.253. The highest BCUT2D eigenvalue weighted by Gasteiger charge is 2.26. The van der Waals surface area contributed by atoms with Gasteiger partial charge in [-0.1, -0.05) is 24.3 Å². The molecule has 0 saturated heterocycles. The molecule has 0 unspecified atom stereocenters. The smallest absolute Gasteiger partial charge is 0.342 e. The van der Waals surface area contributed by atoms with E-state index in [2.05, 4.69) is 29.2 Å². The number of carbonyl (C=O) groups is 1. The Morgan fingerprint density at radius 3 is 2.91 bits per heavy atom. The molecule has 0 N–H and O–H groups in total. The minimum absolute atomic E-state index is 0.253. The van der Waals surface area contributed by atoms with E-state index in [1.54, 1.807) is 0 Å². The summed E-state index contributed by atoms with van der Waals surface area (Å²) in [7, 11) is 0. The second kappa shape index (κ2) is 5.46. The van der Waals surface area contributed by atoms with Gasteiger partial charge in [0, 0.05) is 17.8 Å². The predicted octanol–water partition coefficient (Wildman–Crippen LogP) is 3.49. The lowest BCUT2D eigenvalue weighted by Gasteiger charge is -2.35. The first-order chi connectivity index (χ1) is 10.8. The van der Waals surface area contributed by atoms with Gasteiger partial charge in [0.15, 0.2) is 5.06 Å². The fraction of sp³-hybridized carbons (Fsp3) is 0.167. The third kappa shape index (κ3) is 2.35. The van der Waals surface area contributed by atoms with Crippen molar-refractivity contribution >= 4 is 23.0 Å². The maximum atomic E-state index is 12.2. The van der Waals surface area contributed by atoms with Crippen molar-refractivity contribution in [2.45, 2.75) is 6.42 Å². The molecule has 3 heterocycles. The Morgan fingerprint density at radius 1 is 1.14 bits per heavy atom. The summed E-state index contributed by atoms with van der Waals surface area (Å²) in [5.41, 5.74) is 4.56. The van der Waals surface area contributed by atoms with E-state index < -0.39 is 0 Å². The average molecular weight is 309 g/mol. The molecule has 0 atom stereocenters. The van der Waals surface area contributed by atoms with Crippen LogP contribution >= 0.6 is 11.3 Å². The van der Waals surface area contributed by atoms with Gasteiger partial charge in [-0.05, 0) is 41.6 Å². The summed E-state index contributed by atoms with van der Waals surface area (Å²) in [5, 5.41) is 2.54. The Morgan fingerprint density at radius 2 is 2.05 bits per heavy atom. The van der Waals surface area contributed by atoms with Gasteiger partial charge >= 0.3 is 5.97 Å². The minimum Gasteiger partial charge on any atom is -0.412 e. The van der Waals surface area contributed by atoms with Gasteiger partial charge in [-0.25, -0.2) is 4.79 Å². The van der Waals surface area contributed by atoms with Crippen LogP contribution in [0.3, 0.4) is 0 Å². The zero-order chi connectivity index (χ0) is 14.9. The standard InChI is InChI=1S/C18H15NO2S/c20-18(21-17-6-3-11-22-17)14-7-8-16-15-5-2-1-4-13(15)9-10-19(16)12-14/h1-8,11H,9-10,12H2. The molecule has 4 heteroatoms. The molecular formula is C18H15NO2S. The number of rotatable bonds is 2. The summed E-state index contributed by atoms with van der Waals surface area (Å²) < 4.78 is 5.40. The summed E-state index contributed by atoms with van der Waals surface area (Å²) in [6.45, 7) is 1.55. The number of thiophene rings is 1. The van der Waals surface area contributed by atoms with Crippen molar-refractivity contribution in [2.24, 2.45) is 0 Å². The molecule has 2 aromatic rings. The maximum absolute atomic E-state index is 12.2. The van der Waals surface area contributed by atoms with Crippen molar-refractivity contribution in [3.8, 4) is 5.06 Å². The molecule has 0 aliphatic carbocycles. The number of fused-ring (bicyclic) bond motifs is 3. The number of nitrogens with zero attached hydrogens (tertiary/aromatic N) is 1. The second-order valence-electron chi connectivity index (χ2n) is 5.39. The number of ether oxygens (including phenoxy) is 1. The zero-order valence-corrected chi connectivity index (χ0v) is 12.8. The first-order valence-electron chi connectivity index (χ1n) is 7.31. The molecule has 0 amide bonds. The highest BCUT2D eigenvalue weighted by Crippen LogP contribution is 2.32. The van der Waals surface area contributed by atoms with Crippen molar-refractivity contribution in [1.82, 2.24) is 4.90 Å². The molecule has 2 aliphatic rings. The lowest BCUT2D eigenvalue weighted by Crippen LogP contribution is -2.35. The molecule has 2 aliphatic heterocycles. The Hall–Kier alpha value is -2.33. The van der Waals surface area contributed by atoms with Gasteiger partial charge in [0.2, 0.25) is 0 Å². The van der Waals surface area contributed by atoms with Gasteiger partial charge in [0.05, 0.1) is 12.1 Å². The van der Waals surface area contributed by atoms with E-state index >= 15 is 0 Å². The normalized spacial score (nSPS) is 16.3.